The van der Waals surface area contributed by atoms with Crippen LogP contribution in [0.15, 0.2) is 36.4 Å². The average Bonchev–Trinajstić information content (AvgIpc) is 3.21. The summed E-state index contributed by atoms with van der Waals surface area (Å²) in [6.07, 6.45) is -17.7. The zero-order valence-electron chi connectivity index (χ0n) is 22.4. The van der Waals surface area contributed by atoms with Crippen LogP contribution in [0.25, 0.3) is 0 Å². The van der Waals surface area contributed by atoms with E-state index in [1.165, 1.54) is 6.92 Å². The van der Waals surface area contributed by atoms with Crippen LogP contribution in [0.5, 0.6) is 0 Å². The van der Waals surface area contributed by atoms with E-state index < -0.39 is 83.9 Å². The molecule has 0 aromatic heterocycles. The Balaban J connectivity index is 1.72. The summed E-state index contributed by atoms with van der Waals surface area (Å²) in [7, 11) is -1.13. The molecule has 1 amide bonds. The Morgan fingerprint density at radius 1 is 0.780 bits per heavy atom. The first-order chi connectivity index (χ1) is 18.5. The van der Waals surface area contributed by atoms with Crippen molar-refractivity contribution in [2.45, 2.75) is 83.0 Å². The summed E-state index contributed by atoms with van der Waals surface area (Å²) >= 11 is 0. The van der Waals surface area contributed by atoms with Crippen molar-refractivity contribution in [3.8, 4) is 0 Å². The zero-order chi connectivity index (χ0) is 30.9. The van der Waals surface area contributed by atoms with E-state index in [-0.39, 0.29) is 17.1 Å². The second-order valence-electron chi connectivity index (χ2n) is 11.0. The maximum Gasteiger partial charge on any atom is 0.495 e. The van der Waals surface area contributed by atoms with Crippen molar-refractivity contribution < 1.29 is 58.4 Å². The van der Waals surface area contributed by atoms with E-state index >= 15 is 0 Å². The highest BCUT2D eigenvalue weighted by molar-refractivity contribution is 6.62. The van der Waals surface area contributed by atoms with Gasteiger partial charge in [-0.1, -0.05) is 12.1 Å². The average molecular weight is 597 g/mol. The summed E-state index contributed by atoms with van der Waals surface area (Å²) in [5.41, 5.74) is -6.40. The van der Waals surface area contributed by atoms with Gasteiger partial charge in [0, 0.05) is 6.54 Å². The SMILES string of the molecule is C[C@@H]1[C@@H](c2cc(C(F)(F)F)cc(C(F)(F)F)c2)OC(=O)N1Cc1cc(C(F)(F)F)ccc1B1OC(C)(C)C(C)(C)O1. The Hall–Kier alpha value is -2.94. The molecule has 0 unspecified atom stereocenters. The third-order valence-electron chi connectivity index (χ3n) is 7.65. The predicted octanol–water partition coefficient (Wildman–Crippen LogP) is 7.12. The molecule has 5 nitrogen and oxygen atoms in total. The Kier molecular flexibility index (Phi) is 7.43. The van der Waals surface area contributed by atoms with E-state index in [2.05, 4.69) is 0 Å². The minimum atomic E-state index is -5.13. The van der Waals surface area contributed by atoms with Gasteiger partial charge in [0.1, 0.15) is 6.10 Å². The maximum atomic E-state index is 13.6. The first-order valence-corrected chi connectivity index (χ1v) is 12.3. The summed E-state index contributed by atoms with van der Waals surface area (Å²) in [5.74, 6) is 0. The summed E-state index contributed by atoms with van der Waals surface area (Å²) in [4.78, 5) is 13.8. The zero-order valence-corrected chi connectivity index (χ0v) is 22.4. The van der Waals surface area contributed by atoms with Crippen LogP contribution in [0.1, 0.15) is 68.5 Å². The molecule has 224 valence electrons. The standard InChI is InChI=1S/C26H25BF9NO4/c1-13-20(14-8-17(25(31,32)33)11-18(9-14)26(34,35)36)39-21(38)37(13)12-15-10-16(24(28,29)30)6-7-19(15)27-40-22(2,3)23(4,5)41-27/h6-11,13,20H,12H2,1-5H3/t13-,20+/m1/s1. The van der Waals surface area contributed by atoms with E-state index in [0.717, 1.165) is 23.1 Å². The molecule has 2 saturated heterocycles. The van der Waals surface area contributed by atoms with Crippen molar-refractivity contribution >= 4 is 18.7 Å². The fraction of sp³-hybridized carbons (Fsp3) is 0.500. The molecule has 2 aliphatic heterocycles. The van der Waals surface area contributed by atoms with E-state index in [1.54, 1.807) is 27.7 Å². The molecule has 0 radical (unpaired) electrons. The number of carbonyl (C=O) groups is 1. The van der Waals surface area contributed by atoms with Crippen LogP contribution in [0.4, 0.5) is 44.3 Å². The minimum Gasteiger partial charge on any atom is -0.439 e. The molecule has 0 bridgehead atoms. The molecule has 2 fully saturated rings. The second kappa shape index (κ2) is 9.82. The van der Waals surface area contributed by atoms with Crippen molar-refractivity contribution in [3.05, 3.63) is 64.2 Å². The molecule has 0 spiro atoms. The predicted molar refractivity (Wildman–Crippen MR) is 128 cm³/mol. The lowest BCUT2D eigenvalue weighted by molar-refractivity contribution is -0.143. The number of hydrogen-bond acceptors (Lipinski definition) is 4. The molecule has 0 saturated carbocycles. The fourth-order valence-electron chi connectivity index (χ4n) is 4.61. The van der Waals surface area contributed by atoms with Gasteiger partial charge in [0.25, 0.3) is 0 Å². The van der Waals surface area contributed by atoms with Crippen molar-refractivity contribution in [1.82, 2.24) is 4.90 Å². The molecule has 2 heterocycles. The lowest BCUT2D eigenvalue weighted by atomic mass is 9.75. The minimum absolute atomic E-state index is 0.0530. The summed E-state index contributed by atoms with van der Waals surface area (Å²) in [6.45, 7) is 7.70. The molecule has 0 aliphatic carbocycles. The van der Waals surface area contributed by atoms with Crippen LogP contribution >= 0.6 is 0 Å². The van der Waals surface area contributed by atoms with Crippen molar-refractivity contribution in [3.63, 3.8) is 0 Å². The molecule has 4 rings (SSSR count). The molecular weight excluding hydrogens is 572 g/mol. The number of nitrogens with zero attached hydrogens (tertiary/aromatic N) is 1. The summed E-state index contributed by atoms with van der Waals surface area (Å²) in [6, 6.07) is 2.45. The number of halogens is 9. The molecule has 2 aromatic rings. The number of hydrogen-bond donors (Lipinski definition) is 0. The van der Waals surface area contributed by atoms with Gasteiger partial charge in [0.15, 0.2) is 0 Å². The van der Waals surface area contributed by atoms with Gasteiger partial charge < -0.3 is 14.0 Å². The first kappa shape index (κ1) is 31.0. The number of amides is 1. The van der Waals surface area contributed by atoms with Crippen LogP contribution in [0, 0.1) is 0 Å². The van der Waals surface area contributed by atoms with Gasteiger partial charge in [-0.25, -0.2) is 4.79 Å². The van der Waals surface area contributed by atoms with Crippen LogP contribution in [-0.4, -0.2) is 35.4 Å². The van der Waals surface area contributed by atoms with Crippen LogP contribution in [0.3, 0.4) is 0 Å². The fourth-order valence-corrected chi connectivity index (χ4v) is 4.61. The first-order valence-electron chi connectivity index (χ1n) is 12.3. The highest BCUT2D eigenvalue weighted by atomic mass is 19.4. The molecule has 2 atom stereocenters. The number of cyclic esters (lactones) is 1. The van der Waals surface area contributed by atoms with Gasteiger partial charge in [-0.2, -0.15) is 39.5 Å². The molecule has 15 heteroatoms. The van der Waals surface area contributed by atoms with Gasteiger partial charge in [0.05, 0.1) is 33.9 Å². The molecule has 2 aliphatic rings. The van der Waals surface area contributed by atoms with Crippen LogP contribution < -0.4 is 5.46 Å². The van der Waals surface area contributed by atoms with Gasteiger partial charge in [-0.3, -0.25) is 4.90 Å². The van der Waals surface area contributed by atoms with Gasteiger partial charge in [0.2, 0.25) is 0 Å². The van der Waals surface area contributed by atoms with Crippen molar-refractivity contribution in [2.24, 2.45) is 0 Å². The van der Waals surface area contributed by atoms with E-state index in [1.807, 2.05) is 0 Å². The number of alkyl halides is 9. The van der Waals surface area contributed by atoms with Crippen LogP contribution in [-0.2, 0) is 39.1 Å². The largest absolute Gasteiger partial charge is 0.495 e. The Labute approximate surface area is 229 Å². The van der Waals surface area contributed by atoms with Crippen LogP contribution in [0.2, 0.25) is 0 Å². The van der Waals surface area contributed by atoms with E-state index in [4.69, 9.17) is 14.0 Å². The monoisotopic (exact) mass is 597 g/mol. The quantitative estimate of drug-likeness (QED) is 0.278. The lowest BCUT2D eigenvalue weighted by Crippen LogP contribution is -2.41. The van der Waals surface area contributed by atoms with E-state index in [9.17, 15) is 44.3 Å². The molecule has 2 aromatic carbocycles. The third kappa shape index (κ3) is 6.01. The number of ether oxygens (including phenoxy) is 1. The van der Waals surface area contributed by atoms with Gasteiger partial charge in [-0.05, 0) is 75.5 Å². The van der Waals surface area contributed by atoms with Gasteiger partial charge >= 0.3 is 31.7 Å². The number of rotatable bonds is 4. The number of carbonyl (C=O) groups excluding carboxylic acids is 1. The Bertz CT molecular complexity index is 1290. The third-order valence-corrected chi connectivity index (χ3v) is 7.65. The summed E-state index contributed by atoms with van der Waals surface area (Å²) < 4.78 is 138. The normalized spacial score (nSPS) is 22.8. The summed E-state index contributed by atoms with van der Waals surface area (Å²) in [5, 5.41) is 0. The molecule has 0 N–H and O–H groups in total. The Morgan fingerprint density at radius 3 is 1.73 bits per heavy atom. The van der Waals surface area contributed by atoms with Gasteiger partial charge in [-0.15, -0.1) is 0 Å². The highest BCUT2D eigenvalue weighted by Gasteiger charge is 2.53. The number of benzene rings is 2. The highest BCUT2D eigenvalue weighted by Crippen LogP contribution is 2.42. The maximum absolute atomic E-state index is 13.6. The Morgan fingerprint density at radius 2 is 1.27 bits per heavy atom. The smallest absolute Gasteiger partial charge is 0.439 e. The second-order valence-corrected chi connectivity index (χ2v) is 11.0. The van der Waals surface area contributed by atoms with Crippen molar-refractivity contribution in [2.75, 3.05) is 0 Å². The van der Waals surface area contributed by atoms with Crippen molar-refractivity contribution in [1.29, 1.82) is 0 Å². The topological polar surface area (TPSA) is 48.0 Å². The molecule has 41 heavy (non-hydrogen) atoms. The van der Waals surface area contributed by atoms with E-state index in [0.29, 0.717) is 12.1 Å². The molecular formula is C26H25BF9NO4. The lowest BCUT2D eigenvalue weighted by Gasteiger charge is -2.32.